The first-order chi connectivity index (χ1) is 10.4. The van der Waals surface area contributed by atoms with Gasteiger partial charge < -0.3 is 15.2 Å². The fraction of sp³-hybridized carbons (Fsp3) is 0.571. The molecule has 1 fully saturated rings. The highest BCUT2D eigenvalue weighted by atomic mass is 79.9. The average molecular weight is 383 g/mol. The summed E-state index contributed by atoms with van der Waals surface area (Å²) in [4.78, 5) is 2.07. The molecule has 22 heavy (non-hydrogen) atoms. The summed E-state index contributed by atoms with van der Waals surface area (Å²) in [6.07, 6.45) is -4.39. The van der Waals surface area contributed by atoms with Crippen molar-refractivity contribution in [1.82, 2.24) is 10.2 Å². The van der Waals surface area contributed by atoms with Gasteiger partial charge >= 0.3 is 6.36 Å². The van der Waals surface area contributed by atoms with Crippen LogP contribution in [0, 0.1) is 0 Å². The Morgan fingerprint density at radius 3 is 2.59 bits per heavy atom. The molecule has 2 N–H and O–H groups in total. The zero-order valence-corrected chi connectivity index (χ0v) is 13.5. The molecule has 2 rings (SSSR count). The van der Waals surface area contributed by atoms with Gasteiger partial charge in [0.2, 0.25) is 0 Å². The molecule has 0 unspecified atom stereocenters. The van der Waals surface area contributed by atoms with Gasteiger partial charge in [-0.1, -0.05) is 15.9 Å². The van der Waals surface area contributed by atoms with Crippen molar-refractivity contribution in [2.45, 2.75) is 18.8 Å². The van der Waals surface area contributed by atoms with E-state index in [0.717, 1.165) is 13.1 Å². The minimum absolute atomic E-state index is 0.105. The lowest BCUT2D eigenvalue weighted by Crippen LogP contribution is -2.45. The van der Waals surface area contributed by atoms with Crippen molar-refractivity contribution < 1.29 is 23.0 Å². The number of nitrogens with zero attached hydrogens (tertiary/aromatic N) is 1. The predicted octanol–water partition coefficient (Wildman–Crippen LogP) is 2.68. The number of nitrogens with one attached hydrogen (secondary N) is 1. The zero-order chi connectivity index (χ0) is 16.2. The quantitative estimate of drug-likeness (QED) is 0.821. The van der Waals surface area contributed by atoms with E-state index >= 15 is 0 Å². The average Bonchev–Trinajstić information content (AvgIpc) is 2.46. The van der Waals surface area contributed by atoms with Crippen LogP contribution in [-0.2, 0) is 0 Å². The van der Waals surface area contributed by atoms with E-state index in [9.17, 15) is 18.3 Å². The van der Waals surface area contributed by atoms with E-state index in [0.29, 0.717) is 29.5 Å². The fourth-order valence-electron chi connectivity index (χ4n) is 2.65. The molecule has 1 aliphatic heterocycles. The highest BCUT2D eigenvalue weighted by Gasteiger charge is 2.34. The summed E-state index contributed by atoms with van der Waals surface area (Å²) in [5.74, 6) is -0.215. The molecule has 0 aliphatic carbocycles. The van der Waals surface area contributed by atoms with Crippen LogP contribution in [0.1, 0.15) is 18.0 Å². The molecule has 124 valence electrons. The Balaban J connectivity index is 2.33. The van der Waals surface area contributed by atoms with Crippen LogP contribution < -0.4 is 10.1 Å². The van der Waals surface area contributed by atoms with Crippen LogP contribution in [0.25, 0.3) is 0 Å². The Hall–Kier alpha value is -0.830. The smallest absolute Gasteiger partial charge is 0.405 e. The molecule has 1 aliphatic rings. The molecule has 0 bridgehead atoms. The molecule has 1 saturated heterocycles. The molecule has 0 saturated carbocycles. The number of aliphatic hydroxyl groups is 1. The first-order valence-electron chi connectivity index (χ1n) is 7.01. The number of hydrogen-bond acceptors (Lipinski definition) is 4. The van der Waals surface area contributed by atoms with Crippen molar-refractivity contribution in [3.63, 3.8) is 0 Å². The maximum absolute atomic E-state index is 12.6. The summed E-state index contributed by atoms with van der Waals surface area (Å²) in [6, 6.07) is 4.13. The van der Waals surface area contributed by atoms with E-state index in [1.54, 1.807) is 6.07 Å². The second-order valence-corrected chi connectivity index (χ2v) is 5.96. The standard InChI is InChI=1S/C14H18BrF3N2O2/c15-10-1-2-13(22-14(16,17)18)11(9-10)12(3-8-21)20-6-4-19-5-7-20/h1-2,9,12,19,21H,3-8H2/t12-/m0/s1. The molecule has 0 aromatic heterocycles. The van der Waals surface area contributed by atoms with Crippen LogP contribution in [0.4, 0.5) is 13.2 Å². The number of ether oxygens (including phenoxy) is 1. The summed E-state index contributed by atoms with van der Waals surface area (Å²) in [7, 11) is 0. The van der Waals surface area contributed by atoms with Crippen LogP contribution in [0.2, 0.25) is 0 Å². The SMILES string of the molecule is OCC[C@@H](c1cc(Br)ccc1OC(F)(F)F)N1CCNCC1. The maximum Gasteiger partial charge on any atom is 0.573 e. The van der Waals surface area contributed by atoms with E-state index in [1.165, 1.54) is 12.1 Å². The zero-order valence-electron chi connectivity index (χ0n) is 11.9. The van der Waals surface area contributed by atoms with E-state index in [2.05, 4.69) is 30.9 Å². The summed E-state index contributed by atoms with van der Waals surface area (Å²) in [5, 5.41) is 12.5. The Labute approximate surface area is 135 Å². The number of halogens is 4. The lowest BCUT2D eigenvalue weighted by atomic mass is 10.0. The Morgan fingerprint density at radius 1 is 1.32 bits per heavy atom. The second-order valence-electron chi connectivity index (χ2n) is 5.04. The molecule has 4 nitrogen and oxygen atoms in total. The van der Waals surface area contributed by atoms with Crippen LogP contribution in [0.5, 0.6) is 5.75 Å². The first-order valence-corrected chi connectivity index (χ1v) is 7.81. The van der Waals surface area contributed by atoms with Crippen LogP contribution in [0.15, 0.2) is 22.7 Å². The molecule has 1 aromatic rings. The van der Waals surface area contributed by atoms with E-state index in [4.69, 9.17) is 0 Å². The Bertz CT molecular complexity index is 493. The van der Waals surface area contributed by atoms with Gasteiger partial charge in [0.1, 0.15) is 5.75 Å². The molecule has 8 heteroatoms. The third kappa shape index (κ3) is 4.84. The molecular weight excluding hydrogens is 365 g/mol. The fourth-order valence-corrected chi connectivity index (χ4v) is 3.03. The van der Waals surface area contributed by atoms with Gasteiger partial charge in [-0.15, -0.1) is 13.2 Å². The molecule has 1 atom stereocenters. The molecule has 0 spiro atoms. The maximum atomic E-state index is 12.6. The van der Waals surface area contributed by atoms with Crippen molar-refractivity contribution in [2.75, 3.05) is 32.8 Å². The second kappa shape index (κ2) is 7.63. The minimum atomic E-state index is -4.74. The number of hydrogen-bond donors (Lipinski definition) is 2. The summed E-state index contributed by atoms with van der Waals surface area (Å²) >= 11 is 3.29. The van der Waals surface area contributed by atoms with Crippen molar-refractivity contribution in [2.24, 2.45) is 0 Å². The number of piperazine rings is 1. The third-order valence-corrected chi connectivity index (χ3v) is 4.04. The highest BCUT2D eigenvalue weighted by Crippen LogP contribution is 2.36. The summed E-state index contributed by atoms with van der Waals surface area (Å²) < 4.78 is 42.7. The van der Waals surface area contributed by atoms with Gasteiger partial charge in [-0.3, -0.25) is 4.90 Å². The number of rotatable bonds is 5. The highest BCUT2D eigenvalue weighted by molar-refractivity contribution is 9.10. The van der Waals surface area contributed by atoms with E-state index in [1.807, 2.05) is 0 Å². The Morgan fingerprint density at radius 2 is 2.00 bits per heavy atom. The van der Waals surface area contributed by atoms with Gasteiger partial charge in [-0.25, -0.2) is 0 Å². The van der Waals surface area contributed by atoms with Gasteiger partial charge in [0, 0.05) is 48.9 Å². The molecule has 0 radical (unpaired) electrons. The minimum Gasteiger partial charge on any atom is -0.405 e. The number of benzene rings is 1. The van der Waals surface area contributed by atoms with Gasteiger partial charge in [-0.05, 0) is 24.6 Å². The Kier molecular flexibility index (Phi) is 6.08. The van der Waals surface area contributed by atoms with Crippen molar-refractivity contribution in [1.29, 1.82) is 0 Å². The van der Waals surface area contributed by atoms with Crippen LogP contribution in [0.3, 0.4) is 0 Å². The summed E-state index contributed by atoms with van der Waals surface area (Å²) in [5.41, 5.74) is 0.433. The summed E-state index contributed by atoms with van der Waals surface area (Å²) in [6.45, 7) is 2.86. The molecule has 1 heterocycles. The van der Waals surface area contributed by atoms with Crippen molar-refractivity contribution in [3.8, 4) is 5.75 Å². The van der Waals surface area contributed by atoms with Gasteiger partial charge in [0.15, 0.2) is 0 Å². The topological polar surface area (TPSA) is 44.7 Å². The third-order valence-electron chi connectivity index (χ3n) is 3.55. The van der Waals surface area contributed by atoms with Gasteiger partial charge in [-0.2, -0.15) is 0 Å². The van der Waals surface area contributed by atoms with Crippen LogP contribution >= 0.6 is 15.9 Å². The normalized spacial score (nSPS) is 18.2. The van der Waals surface area contributed by atoms with Crippen LogP contribution in [-0.4, -0.2) is 49.2 Å². The number of aliphatic hydroxyl groups excluding tert-OH is 1. The monoisotopic (exact) mass is 382 g/mol. The first kappa shape index (κ1) is 17.5. The lowest BCUT2D eigenvalue weighted by Gasteiger charge is -2.35. The largest absolute Gasteiger partial charge is 0.573 e. The molecular formula is C14H18BrF3N2O2. The van der Waals surface area contributed by atoms with E-state index < -0.39 is 6.36 Å². The predicted molar refractivity (Wildman–Crippen MR) is 79.7 cm³/mol. The van der Waals surface area contributed by atoms with Crippen molar-refractivity contribution in [3.05, 3.63) is 28.2 Å². The van der Waals surface area contributed by atoms with Gasteiger partial charge in [0.25, 0.3) is 0 Å². The number of alkyl halides is 3. The van der Waals surface area contributed by atoms with Crippen molar-refractivity contribution >= 4 is 15.9 Å². The van der Waals surface area contributed by atoms with Gasteiger partial charge in [0.05, 0.1) is 0 Å². The van der Waals surface area contributed by atoms with E-state index in [-0.39, 0.29) is 18.4 Å². The lowest BCUT2D eigenvalue weighted by molar-refractivity contribution is -0.275. The molecule has 0 amide bonds. The molecule has 1 aromatic carbocycles.